The Kier molecular flexibility index (Phi) is 5.39. The van der Waals surface area contributed by atoms with Gasteiger partial charge in [-0.2, -0.15) is 18.3 Å². The van der Waals surface area contributed by atoms with Gasteiger partial charge in [-0.3, -0.25) is 0 Å². The first kappa shape index (κ1) is 21.5. The van der Waals surface area contributed by atoms with Gasteiger partial charge in [0.2, 0.25) is 0 Å². The molecule has 0 saturated carbocycles. The highest BCUT2D eigenvalue weighted by molar-refractivity contribution is 7.90. The molecule has 0 atom stereocenters. The summed E-state index contributed by atoms with van der Waals surface area (Å²) in [5, 5.41) is 3.54. The largest absolute Gasteiger partial charge is 0.435 e. The van der Waals surface area contributed by atoms with Crippen LogP contribution >= 0.6 is 23.2 Å². The molecule has 154 valence electrons. The second-order valence-electron chi connectivity index (χ2n) is 5.96. The molecule has 0 unspecified atom stereocenters. The van der Waals surface area contributed by atoms with Crippen LogP contribution < -0.4 is 0 Å². The minimum atomic E-state index is -4.88. The van der Waals surface area contributed by atoms with E-state index in [4.69, 9.17) is 23.2 Å². The fourth-order valence-electron chi connectivity index (χ4n) is 2.53. The van der Waals surface area contributed by atoms with E-state index in [0.29, 0.717) is 29.1 Å². The van der Waals surface area contributed by atoms with E-state index in [-0.39, 0.29) is 15.7 Å². The first-order valence-electron chi connectivity index (χ1n) is 7.61. The van der Waals surface area contributed by atoms with Gasteiger partial charge >= 0.3 is 6.18 Å². The molecule has 1 heterocycles. The van der Waals surface area contributed by atoms with Gasteiger partial charge in [0.15, 0.2) is 15.5 Å². The zero-order chi connectivity index (χ0) is 21.7. The fourth-order valence-corrected chi connectivity index (χ4v) is 3.56. The normalized spacial score (nSPS) is 12.4. The average molecular weight is 471 g/mol. The smallest absolute Gasteiger partial charge is 0.232 e. The van der Waals surface area contributed by atoms with Crippen LogP contribution in [0.2, 0.25) is 10.0 Å². The third-order valence-corrected chi connectivity index (χ3v) is 5.70. The van der Waals surface area contributed by atoms with Crippen molar-refractivity contribution in [3.8, 4) is 16.9 Å². The van der Waals surface area contributed by atoms with Gasteiger partial charge < -0.3 is 0 Å². The van der Waals surface area contributed by atoms with Gasteiger partial charge in [-0.05, 0) is 36.4 Å². The van der Waals surface area contributed by atoms with Crippen LogP contribution in [0.25, 0.3) is 16.9 Å². The molecule has 3 rings (SSSR count). The van der Waals surface area contributed by atoms with Crippen LogP contribution in [-0.4, -0.2) is 24.5 Å². The van der Waals surface area contributed by atoms with Gasteiger partial charge in [0.25, 0.3) is 0 Å². The zero-order valence-electron chi connectivity index (χ0n) is 14.2. The van der Waals surface area contributed by atoms with Crippen LogP contribution in [0.5, 0.6) is 0 Å². The summed E-state index contributed by atoms with van der Waals surface area (Å²) in [6.45, 7) is 0. The Hall–Kier alpha value is -2.17. The summed E-state index contributed by atoms with van der Waals surface area (Å²) in [7, 11) is -4.10. The van der Waals surface area contributed by atoms with Crippen molar-refractivity contribution in [2.45, 2.75) is 11.1 Å². The number of hydrogen-bond donors (Lipinski definition) is 0. The maximum absolute atomic E-state index is 14.6. The number of hydrogen-bond acceptors (Lipinski definition) is 3. The number of benzene rings is 2. The summed E-state index contributed by atoms with van der Waals surface area (Å²) in [6.07, 6.45) is -4.20. The van der Waals surface area contributed by atoms with E-state index >= 15 is 0 Å². The topological polar surface area (TPSA) is 52.0 Å². The van der Waals surface area contributed by atoms with E-state index in [1.165, 1.54) is 18.2 Å². The maximum atomic E-state index is 14.6. The third-order valence-electron chi connectivity index (χ3n) is 3.84. The molecule has 0 bridgehead atoms. The van der Waals surface area contributed by atoms with Crippen molar-refractivity contribution in [1.82, 2.24) is 9.78 Å². The van der Waals surface area contributed by atoms with Crippen molar-refractivity contribution in [3.05, 3.63) is 63.8 Å². The lowest BCUT2D eigenvalue weighted by atomic mass is 10.1. The third kappa shape index (κ3) is 4.24. The van der Waals surface area contributed by atoms with Crippen LogP contribution in [0.3, 0.4) is 0 Å². The van der Waals surface area contributed by atoms with Crippen molar-refractivity contribution in [1.29, 1.82) is 0 Å². The number of rotatable bonds is 3. The van der Waals surface area contributed by atoms with Gasteiger partial charge in [0.1, 0.15) is 16.5 Å². The average Bonchev–Trinajstić information content (AvgIpc) is 3.03. The molecule has 12 heteroatoms. The molecule has 2 aromatic carbocycles. The standard InChI is InChI=1S/C17H9Cl2F5N2O2S/c1-29(27,28)15-6-12(20)9(5-13(15)21)14-7-16(17(22,23)24)25-26(14)8-2-3-10(18)11(19)4-8/h2-7H,1H3. The molecular weight excluding hydrogens is 462 g/mol. The Bertz CT molecular complexity index is 1220. The van der Waals surface area contributed by atoms with Crippen LogP contribution in [0, 0.1) is 11.6 Å². The van der Waals surface area contributed by atoms with Crippen molar-refractivity contribution in [3.63, 3.8) is 0 Å². The molecule has 0 aliphatic heterocycles. The predicted octanol–water partition coefficient (Wildman–Crippen LogP) is 5.55. The minimum Gasteiger partial charge on any atom is -0.232 e. The van der Waals surface area contributed by atoms with E-state index < -0.39 is 49.5 Å². The van der Waals surface area contributed by atoms with Gasteiger partial charge in [-0.1, -0.05) is 23.2 Å². The van der Waals surface area contributed by atoms with Gasteiger partial charge in [-0.15, -0.1) is 0 Å². The molecule has 0 N–H and O–H groups in total. The van der Waals surface area contributed by atoms with Crippen molar-refractivity contribution < 1.29 is 30.4 Å². The van der Waals surface area contributed by atoms with E-state index in [1.54, 1.807) is 0 Å². The lowest BCUT2D eigenvalue weighted by molar-refractivity contribution is -0.141. The quantitative estimate of drug-likeness (QED) is 0.471. The molecule has 4 nitrogen and oxygen atoms in total. The molecule has 29 heavy (non-hydrogen) atoms. The van der Waals surface area contributed by atoms with Crippen LogP contribution in [0.15, 0.2) is 41.3 Å². The molecule has 0 amide bonds. The monoisotopic (exact) mass is 470 g/mol. The molecule has 0 aliphatic rings. The molecule has 0 fully saturated rings. The summed E-state index contributed by atoms with van der Waals surface area (Å²) < 4.78 is 92.2. The fraction of sp³-hybridized carbons (Fsp3) is 0.118. The Balaban J connectivity index is 2.30. The Labute approximate surface area is 171 Å². The van der Waals surface area contributed by atoms with Crippen molar-refractivity contribution in [2.24, 2.45) is 0 Å². The Morgan fingerprint density at radius 3 is 2.17 bits per heavy atom. The summed E-state index contributed by atoms with van der Waals surface area (Å²) in [5.41, 5.74) is -2.46. The highest BCUT2D eigenvalue weighted by atomic mass is 35.5. The molecule has 0 spiro atoms. The molecule has 0 radical (unpaired) electrons. The van der Waals surface area contributed by atoms with Crippen LogP contribution in [0.4, 0.5) is 22.0 Å². The van der Waals surface area contributed by atoms with Gasteiger partial charge in [-0.25, -0.2) is 21.9 Å². The van der Waals surface area contributed by atoms with E-state index in [1.807, 2.05) is 0 Å². The van der Waals surface area contributed by atoms with Crippen LogP contribution in [-0.2, 0) is 16.0 Å². The van der Waals surface area contributed by atoms with Gasteiger partial charge in [0, 0.05) is 11.8 Å². The van der Waals surface area contributed by atoms with E-state index in [0.717, 1.165) is 0 Å². The molecule has 0 aliphatic carbocycles. The Morgan fingerprint density at radius 2 is 1.62 bits per heavy atom. The summed E-state index contributed by atoms with van der Waals surface area (Å²) in [6, 6.07) is 5.18. The number of aromatic nitrogens is 2. The SMILES string of the molecule is CS(=O)(=O)c1cc(F)c(-c2cc(C(F)(F)F)nn2-c2ccc(Cl)c(Cl)c2)cc1F. The second-order valence-corrected chi connectivity index (χ2v) is 8.76. The first-order chi connectivity index (χ1) is 13.3. The minimum absolute atomic E-state index is 0.00162. The molecule has 3 aromatic rings. The summed E-state index contributed by atoms with van der Waals surface area (Å²) in [4.78, 5) is -0.921. The van der Waals surface area contributed by atoms with Crippen molar-refractivity contribution in [2.75, 3.05) is 6.26 Å². The van der Waals surface area contributed by atoms with Crippen molar-refractivity contribution >= 4 is 33.0 Å². The Morgan fingerprint density at radius 1 is 0.966 bits per heavy atom. The lowest BCUT2D eigenvalue weighted by Gasteiger charge is -2.11. The van der Waals surface area contributed by atoms with E-state index in [2.05, 4.69) is 5.10 Å². The van der Waals surface area contributed by atoms with E-state index in [9.17, 15) is 30.4 Å². The number of alkyl halides is 3. The molecule has 0 saturated heterocycles. The highest BCUT2D eigenvalue weighted by Gasteiger charge is 2.36. The predicted molar refractivity (Wildman–Crippen MR) is 97.0 cm³/mol. The highest BCUT2D eigenvalue weighted by Crippen LogP contribution is 2.36. The second kappa shape index (κ2) is 7.26. The number of sulfone groups is 1. The molecule has 1 aromatic heterocycles. The molecular formula is C17H9Cl2F5N2O2S. The first-order valence-corrected chi connectivity index (χ1v) is 10.3. The summed E-state index contributed by atoms with van der Waals surface area (Å²) >= 11 is 11.7. The number of nitrogens with zero attached hydrogens (tertiary/aromatic N) is 2. The number of halogens is 7. The van der Waals surface area contributed by atoms with Crippen LogP contribution in [0.1, 0.15) is 5.69 Å². The summed E-state index contributed by atoms with van der Waals surface area (Å²) in [5.74, 6) is -2.57. The maximum Gasteiger partial charge on any atom is 0.435 e. The zero-order valence-corrected chi connectivity index (χ0v) is 16.6. The van der Waals surface area contributed by atoms with Gasteiger partial charge in [0.05, 0.1) is 21.4 Å². The lowest BCUT2D eigenvalue weighted by Crippen LogP contribution is -2.07.